The summed E-state index contributed by atoms with van der Waals surface area (Å²) in [5.41, 5.74) is 2.14. The molecule has 0 aliphatic rings. The Bertz CT molecular complexity index is 627. The summed E-state index contributed by atoms with van der Waals surface area (Å²) >= 11 is 1.71. The highest BCUT2D eigenvalue weighted by atomic mass is 32.1. The molecular weight excluding hydrogens is 230 g/mol. The van der Waals surface area contributed by atoms with E-state index < -0.39 is 0 Å². The van der Waals surface area contributed by atoms with E-state index in [1.54, 1.807) is 23.5 Å². The van der Waals surface area contributed by atoms with E-state index in [0.29, 0.717) is 5.75 Å². The molecule has 0 atom stereocenters. The van der Waals surface area contributed by atoms with Crippen LogP contribution in [0.2, 0.25) is 0 Å². The van der Waals surface area contributed by atoms with Crippen molar-refractivity contribution < 1.29 is 5.11 Å². The summed E-state index contributed by atoms with van der Waals surface area (Å²) in [5.74, 6) is 0.309. The number of rotatable bonds is 2. The largest absolute Gasteiger partial charge is 0.508 e. The monoisotopic (exact) mass is 241 g/mol. The normalized spacial score (nSPS) is 10.8. The molecule has 1 N–H and O–H groups in total. The number of hydrogen-bond donors (Lipinski definition) is 1. The van der Waals surface area contributed by atoms with E-state index in [2.05, 4.69) is 11.1 Å². The lowest BCUT2D eigenvalue weighted by molar-refractivity contribution is 0.474. The van der Waals surface area contributed by atoms with Crippen molar-refractivity contribution in [3.05, 3.63) is 59.1 Å². The summed E-state index contributed by atoms with van der Waals surface area (Å²) in [6.07, 6.45) is 0.772. The van der Waals surface area contributed by atoms with Crippen LogP contribution in [-0.4, -0.2) is 10.1 Å². The second-order valence-electron chi connectivity index (χ2n) is 3.92. The summed E-state index contributed by atoms with van der Waals surface area (Å²) in [7, 11) is 0. The van der Waals surface area contributed by atoms with Crippen LogP contribution in [0.15, 0.2) is 48.5 Å². The molecule has 1 heterocycles. The van der Waals surface area contributed by atoms with E-state index in [1.165, 1.54) is 4.70 Å². The lowest BCUT2D eigenvalue weighted by Gasteiger charge is -1.98. The average Bonchev–Trinajstić information content (AvgIpc) is 2.71. The first kappa shape index (κ1) is 10.3. The summed E-state index contributed by atoms with van der Waals surface area (Å²) in [6, 6.07) is 15.5. The Morgan fingerprint density at radius 3 is 2.76 bits per heavy atom. The van der Waals surface area contributed by atoms with Gasteiger partial charge in [-0.15, -0.1) is 11.3 Å². The number of para-hydroxylation sites is 1. The first-order valence-corrected chi connectivity index (χ1v) is 6.25. The van der Waals surface area contributed by atoms with E-state index in [9.17, 15) is 5.11 Å². The molecule has 0 saturated heterocycles. The summed E-state index contributed by atoms with van der Waals surface area (Å²) < 4.78 is 1.21. The Hall–Kier alpha value is -1.87. The standard InChI is InChI=1S/C14H11NOS/c16-11-5-3-4-10(8-11)9-14-15-12-6-1-2-7-13(12)17-14/h1-8,16H,9H2. The van der Waals surface area contributed by atoms with Crippen molar-refractivity contribution in [2.75, 3.05) is 0 Å². The predicted molar refractivity (Wildman–Crippen MR) is 70.5 cm³/mol. The molecule has 2 aromatic carbocycles. The van der Waals surface area contributed by atoms with Gasteiger partial charge in [0.25, 0.3) is 0 Å². The van der Waals surface area contributed by atoms with Gasteiger partial charge in [0, 0.05) is 6.42 Å². The first-order valence-electron chi connectivity index (χ1n) is 5.43. The molecule has 3 rings (SSSR count). The smallest absolute Gasteiger partial charge is 0.115 e. The molecule has 0 bridgehead atoms. The Labute approximate surface area is 103 Å². The molecule has 84 valence electrons. The van der Waals surface area contributed by atoms with Crippen LogP contribution in [0.5, 0.6) is 5.75 Å². The van der Waals surface area contributed by atoms with Crippen molar-refractivity contribution in [2.45, 2.75) is 6.42 Å². The van der Waals surface area contributed by atoms with Gasteiger partial charge in [0.1, 0.15) is 5.75 Å². The fourth-order valence-corrected chi connectivity index (χ4v) is 2.84. The number of benzene rings is 2. The Kier molecular flexibility index (Phi) is 2.53. The van der Waals surface area contributed by atoms with E-state index in [-0.39, 0.29) is 0 Å². The highest BCUT2D eigenvalue weighted by molar-refractivity contribution is 7.18. The van der Waals surface area contributed by atoms with Crippen molar-refractivity contribution in [3.63, 3.8) is 0 Å². The van der Waals surface area contributed by atoms with Gasteiger partial charge >= 0.3 is 0 Å². The van der Waals surface area contributed by atoms with Crippen molar-refractivity contribution in [1.29, 1.82) is 0 Å². The van der Waals surface area contributed by atoms with Gasteiger partial charge in [-0.05, 0) is 29.8 Å². The van der Waals surface area contributed by atoms with Gasteiger partial charge in [-0.25, -0.2) is 4.98 Å². The molecule has 0 fully saturated rings. The summed E-state index contributed by atoms with van der Waals surface area (Å²) in [6.45, 7) is 0. The predicted octanol–water partition coefficient (Wildman–Crippen LogP) is 3.59. The highest BCUT2D eigenvalue weighted by Gasteiger charge is 2.04. The zero-order valence-corrected chi connectivity index (χ0v) is 9.95. The zero-order chi connectivity index (χ0) is 11.7. The van der Waals surface area contributed by atoms with Crippen molar-refractivity contribution >= 4 is 21.6 Å². The number of nitrogens with zero attached hydrogens (tertiary/aromatic N) is 1. The van der Waals surface area contributed by atoms with Gasteiger partial charge in [0.15, 0.2) is 0 Å². The zero-order valence-electron chi connectivity index (χ0n) is 9.13. The summed E-state index contributed by atoms with van der Waals surface area (Å²) in [4.78, 5) is 4.57. The van der Waals surface area contributed by atoms with Crippen molar-refractivity contribution in [1.82, 2.24) is 4.98 Å². The average molecular weight is 241 g/mol. The fraction of sp³-hybridized carbons (Fsp3) is 0.0714. The molecular formula is C14H11NOS. The second kappa shape index (κ2) is 4.18. The summed E-state index contributed by atoms with van der Waals surface area (Å²) in [5, 5.41) is 10.5. The van der Waals surface area contributed by atoms with E-state index in [1.807, 2.05) is 30.3 Å². The minimum atomic E-state index is 0.309. The Morgan fingerprint density at radius 2 is 1.94 bits per heavy atom. The van der Waals surface area contributed by atoms with Gasteiger partial charge in [-0.1, -0.05) is 24.3 Å². The molecule has 0 aliphatic heterocycles. The van der Waals surface area contributed by atoms with E-state index in [0.717, 1.165) is 22.5 Å². The minimum Gasteiger partial charge on any atom is -0.508 e. The molecule has 0 aliphatic carbocycles. The van der Waals surface area contributed by atoms with Crippen LogP contribution in [0.3, 0.4) is 0 Å². The van der Waals surface area contributed by atoms with Crippen molar-refractivity contribution in [3.8, 4) is 5.75 Å². The quantitative estimate of drug-likeness (QED) is 0.743. The second-order valence-corrected chi connectivity index (χ2v) is 5.04. The number of aromatic hydroxyl groups is 1. The topological polar surface area (TPSA) is 33.1 Å². The third-order valence-electron chi connectivity index (χ3n) is 2.60. The van der Waals surface area contributed by atoms with E-state index in [4.69, 9.17) is 0 Å². The number of phenolic OH excluding ortho intramolecular Hbond substituents is 1. The molecule has 0 amide bonds. The maximum atomic E-state index is 9.41. The maximum Gasteiger partial charge on any atom is 0.115 e. The lowest BCUT2D eigenvalue weighted by atomic mass is 10.1. The molecule has 0 spiro atoms. The maximum absolute atomic E-state index is 9.41. The molecule has 3 heteroatoms. The van der Waals surface area contributed by atoms with E-state index >= 15 is 0 Å². The third-order valence-corrected chi connectivity index (χ3v) is 3.64. The molecule has 0 radical (unpaired) electrons. The lowest BCUT2D eigenvalue weighted by Crippen LogP contribution is -1.85. The number of thiazole rings is 1. The van der Waals surface area contributed by atoms with Crippen LogP contribution in [0.4, 0.5) is 0 Å². The van der Waals surface area contributed by atoms with Gasteiger partial charge in [0.2, 0.25) is 0 Å². The van der Waals surface area contributed by atoms with Crippen LogP contribution < -0.4 is 0 Å². The highest BCUT2D eigenvalue weighted by Crippen LogP contribution is 2.24. The van der Waals surface area contributed by atoms with Crippen LogP contribution >= 0.6 is 11.3 Å². The van der Waals surface area contributed by atoms with Crippen LogP contribution in [0, 0.1) is 0 Å². The van der Waals surface area contributed by atoms with Gasteiger partial charge in [-0.2, -0.15) is 0 Å². The van der Waals surface area contributed by atoms with Crippen LogP contribution in [-0.2, 0) is 6.42 Å². The Morgan fingerprint density at radius 1 is 1.06 bits per heavy atom. The molecule has 0 unspecified atom stereocenters. The van der Waals surface area contributed by atoms with Crippen molar-refractivity contribution in [2.24, 2.45) is 0 Å². The number of fused-ring (bicyclic) bond motifs is 1. The third kappa shape index (κ3) is 2.15. The SMILES string of the molecule is Oc1cccc(Cc2nc3ccccc3s2)c1. The molecule has 17 heavy (non-hydrogen) atoms. The van der Waals surface area contributed by atoms with Gasteiger partial charge in [-0.3, -0.25) is 0 Å². The number of aromatic nitrogens is 1. The molecule has 2 nitrogen and oxygen atoms in total. The fourth-order valence-electron chi connectivity index (χ4n) is 1.84. The number of phenols is 1. The minimum absolute atomic E-state index is 0.309. The van der Waals surface area contributed by atoms with Gasteiger partial charge < -0.3 is 5.11 Å². The number of hydrogen-bond acceptors (Lipinski definition) is 3. The molecule has 0 saturated carbocycles. The van der Waals surface area contributed by atoms with Gasteiger partial charge in [0.05, 0.1) is 15.2 Å². The van der Waals surface area contributed by atoms with Crippen LogP contribution in [0.25, 0.3) is 10.2 Å². The van der Waals surface area contributed by atoms with Crippen LogP contribution in [0.1, 0.15) is 10.6 Å². The Balaban J connectivity index is 1.94. The molecule has 1 aromatic heterocycles. The first-order chi connectivity index (χ1) is 8.31. The molecule has 3 aromatic rings.